The van der Waals surface area contributed by atoms with Crippen LogP contribution < -0.4 is 0 Å². The van der Waals surface area contributed by atoms with Gasteiger partial charge in [-0.1, -0.05) is 23.2 Å². The van der Waals surface area contributed by atoms with E-state index in [1.807, 2.05) is 0 Å². The first-order valence-electron chi connectivity index (χ1n) is 5.44. The van der Waals surface area contributed by atoms with E-state index in [0.717, 1.165) is 5.56 Å². The van der Waals surface area contributed by atoms with Gasteiger partial charge in [0, 0.05) is 11.1 Å². The first kappa shape index (κ1) is 13.7. The predicted molar refractivity (Wildman–Crippen MR) is 75.5 cm³/mol. The summed E-state index contributed by atoms with van der Waals surface area (Å²) >= 11 is 11.8. The Bertz CT molecular complexity index is 656. The van der Waals surface area contributed by atoms with E-state index in [-0.39, 0.29) is 5.57 Å². The van der Waals surface area contributed by atoms with E-state index in [0.29, 0.717) is 21.6 Å². The smallest absolute Gasteiger partial charge is 0.331 e. The molecule has 0 amide bonds. The van der Waals surface area contributed by atoms with Crippen LogP contribution >= 0.6 is 23.2 Å². The van der Waals surface area contributed by atoms with Gasteiger partial charge in [-0.25, -0.2) is 4.79 Å². The number of carboxylic acids is 1. The highest BCUT2D eigenvalue weighted by Crippen LogP contribution is 2.29. The molecule has 1 aromatic heterocycles. The Morgan fingerprint density at radius 3 is 2.58 bits per heavy atom. The molecule has 0 saturated heterocycles. The van der Waals surface area contributed by atoms with Crippen LogP contribution in [0.1, 0.15) is 12.7 Å². The quantitative estimate of drug-likeness (QED) is 0.832. The van der Waals surface area contributed by atoms with Gasteiger partial charge in [0.05, 0.1) is 10.0 Å². The Hall–Kier alpha value is -1.71. The molecule has 0 bridgehead atoms. The van der Waals surface area contributed by atoms with Gasteiger partial charge in [-0.05, 0) is 43.3 Å². The van der Waals surface area contributed by atoms with Gasteiger partial charge >= 0.3 is 5.97 Å². The number of hydrogen-bond donors (Lipinski definition) is 1. The van der Waals surface area contributed by atoms with Crippen molar-refractivity contribution < 1.29 is 14.3 Å². The minimum Gasteiger partial charge on any atom is -0.478 e. The van der Waals surface area contributed by atoms with Gasteiger partial charge < -0.3 is 9.52 Å². The van der Waals surface area contributed by atoms with Crippen LogP contribution in [0.5, 0.6) is 0 Å². The van der Waals surface area contributed by atoms with Crippen LogP contribution in [0.3, 0.4) is 0 Å². The first-order chi connectivity index (χ1) is 8.97. The molecule has 2 aromatic rings. The molecule has 1 N–H and O–H groups in total. The van der Waals surface area contributed by atoms with Gasteiger partial charge in [0.2, 0.25) is 0 Å². The van der Waals surface area contributed by atoms with E-state index in [4.69, 9.17) is 32.7 Å². The lowest BCUT2D eigenvalue weighted by Crippen LogP contribution is -1.94. The molecule has 5 heteroatoms. The molecule has 0 aliphatic rings. The van der Waals surface area contributed by atoms with Crippen molar-refractivity contribution in [3.05, 3.63) is 51.7 Å². The zero-order valence-electron chi connectivity index (χ0n) is 9.98. The predicted octanol–water partition coefficient (Wildman–Crippen LogP) is 4.74. The minimum atomic E-state index is -0.979. The van der Waals surface area contributed by atoms with E-state index >= 15 is 0 Å². The van der Waals surface area contributed by atoms with Gasteiger partial charge in [0.15, 0.2) is 0 Å². The molecule has 0 radical (unpaired) electrons. The highest BCUT2D eigenvalue weighted by atomic mass is 35.5. The van der Waals surface area contributed by atoms with Crippen molar-refractivity contribution in [2.24, 2.45) is 0 Å². The molecule has 2 rings (SSSR count). The summed E-state index contributed by atoms with van der Waals surface area (Å²) in [6.45, 7) is 1.50. The van der Waals surface area contributed by atoms with Crippen molar-refractivity contribution in [1.82, 2.24) is 0 Å². The fraction of sp³-hybridized carbons (Fsp3) is 0.0714. The number of benzene rings is 1. The number of furan rings is 1. The molecular formula is C14H10Cl2O3. The second kappa shape index (κ2) is 5.51. The van der Waals surface area contributed by atoms with Crippen LogP contribution in [0.2, 0.25) is 10.0 Å². The minimum absolute atomic E-state index is 0.204. The van der Waals surface area contributed by atoms with E-state index in [1.165, 1.54) is 13.0 Å². The Morgan fingerprint density at radius 2 is 1.95 bits per heavy atom. The summed E-state index contributed by atoms with van der Waals surface area (Å²) < 4.78 is 5.54. The van der Waals surface area contributed by atoms with Crippen molar-refractivity contribution in [1.29, 1.82) is 0 Å². The zero-order chi connectivity index (χ0) is 14.0. The molecule has 0 unspecified atom stereocenters. The van der Waals surface area contributed by atoms with Crippen LogP contribution in [-0.4, -0.2) is 11.1 Å². The molecule has 98 valence electrons. The average Bonchev–Trinajstić information content (AvgIpc) is 2.81. The monoisotopic (exact) mass is 296 g/mol. The summed E-state index contributed by atoms with van der Waals surface area (Å²) in [6, 6.07) is 8.61. The highest BCUT2D eigenvalue weighted by Gasteiger charge is 2.07. The summed E-state index contributed by atoms with van der Waals surface area (Å²) in [5.74, 6) is 0.0939. The van der Waals surface area contributed by atoms with Crippen molar-refractivity contribution in [3.8, 4) is 11.3 Å². The lowest BCUT2D eigenvalue weighted by atomic mass is 10.2. The van der Waals surface area contributed by atoms with Gasteiger partial charge in [-0.15, -0.1) is 0 Å². The molecule has 0 saturated carbocycles. The number of carbonyl (C=O) groups is 1. The van der Waals surface area contributed by atoms with Gasteiger partial charge in [-0.2, -0.15) is 0 Å². The topological polar surface area (TPSA) is 50.4 Å². The van der Waals surface area contributed by atoms with Gasteiger partial charge in [0.1, 0.15) is 11.5 Å². The van der Waals surface area contributed by atoms with E-state index in [2.05, 4.69) is 0 Å². The largest absolute Gasteiger partial charge is 0.478 e. The molecular weight excluding hydrogens is 287 g/mol. The van der Waals surface area contributed by atoms with E-state index < -0.39 is 5.97 Å². The summed E-state index contributed by atoms with van der Waals surface area (Å²) in [6.07, 6.45) is 1.46. The summed E-state index contributed by atoms with van der Waals surface area (Å²) in [5, 5.41) is 9.70. The fourth-order valence-electron chi connectivity index (χ4n) is 1.51. The number of aliphatic carboxylic acids is 1. The average molecular weight is 297 g/mol. The second-order valence-corrected chi connectivity index (χ2v) is 4.78. The Labute approximate surface area is 120 Å². The standard InChI is InChI=1S/C14H10Cl2O3/c1-8(14(17)18)6-10-3-5-13(19-10)9-2-4-11(15)12(16)7-9/h2-7H,1H3,(H,17,18)/b8-6+. The van der Waals surface area contributed by atoms with E-state index in [9.17, 15) is 4.79 Å². The SMILES string of the molecule is C/C(=C\c1ccc(-c2ccc(Cl)c(Cl)c2)o1)C(=O)O. The van der Waals surface area contributed by atoms with Gasteiger partial charge in [0.25, 0.3) is 0 Å². The molecule has 19 heavy (non-hydrogen) atoms. The van der Waals surface area contributed by atoms with Crippen LogP contribution in [0, 0.1) is 0 Å². The molecule has 1 heterocycles. The Morgan fingerprint density at radius 1 is 1.21 bits per heavy atom. The fourth-order valence-corrected chi connectivity index (χ4v) is 1.81. The van der Waals surface area contributed by atoms with E-state index in [1.54, 1.807) is 30.3 Å². The highest BCUT2D eigenvalue weighted by molar-refractivity contribution is 6.42. The maximum absolute atomic E-state index is 10.7. The van der Waals surface area contributed by atoms with Crippen LogP contribution in [0.4, 0.5) is 0 Å². The van der Waals surface area contributed by atoms with Crippen molar-refractivity contribution in [2.75, 3.05) is 0 Å². The number of rotatable bonds is 3. The van der Waals surface area contributed by atoms with Crippen molar-refractivity contribution in [2.45, 2.75) is 6.92 Å². The zero-order valence-corrected chi connectivity index (χ0v) is 11.5. The molecule has 0 fully saturated rings. The third kappa shape index (κ3) is 3.19. The molecule has 1 aromatic carbocycles. The Balaban J connectivity index is 2.33. The number of hydrogen-bond acceptors (Lipinski definition) is 2. The third-order valence-electron chi connectivity index (χ3n) is 2.53. The molecule has 0 atom stereocenters. The normalized spacial score (nSPS) is 11.6. The first-order valence-corrected chi connectivity index (χ1v) is 6.20. The van der Waals surface area contributed by atoms with Crippen LogP contribution in [0.15, 0.2) is 40.3 Å². The summed E-state index contributed by atoms with van der Waals surface area (Å²) in [5.41, 5.74) is 0.983. The summed E-state index contributed by atoms with van der Waals surface area (Å²) in [4.78, 5) is 10.7. The van der Waals surface area contributed by atoms with Crippen LogP contribution in [-0.2, 0) is 4.79 Å². The summed E-state index contributed by atoms with van der Waals surface area (Å²) in [7, 11) is 0. The number of halogens is 2. The van der Waals surface area contributed by atoms with Crippen molar-refractivity contribution in [3.63, 3.8) is 0 Å². The van der Waals surface area contributed by atoms with Crippen LogP contribution in [0.25, 0.3) is 17.4 Å². The molecule has 0 spiro atoms. The maximum atomic E-state index is 10.7. The molecule has 3 nitrogen and oxygen atoms in total. The molecule has 0 aliphatic carbocycles. The maximum Gasteiger partial charge on any atom is 0.331 e. The lowest BCUT2D eigenvalue weighted by Gasteiger charge is -1.99. The number of carboxylic acid groups (broad SMARTS) is 1. The van der Waals surface area contributed by atoms with Crippen molar-refractivity contribution >= 4 is 35.2 Å². The third-order valence-corrected chi connectivity index (χ3v) is 3.27. The molecule has 0 aliphatic heterocycles. The Kier molecular flexibility index (Phi) is 3.98. The lowest BCUT2D eigenvalue weighted by molar-refractivity contribution is -0.132. The second-order valence-electron chi connectivity index (χ2n) is 3.96. The van der Waals surface area contributed by atoms with Gasteiger partial charge in [-0.3, -0.25) is 0 Å².